The molecule has 0 aliphatic rings. The van der Waals surface area contributed by atoms with Crippen LogP contribution in [0.25, 0.3) is 0 Å². The molecule has 0 aliphatic heterocycles. The number of aliphatic hydroxyl groups excluding tert-OH is 9. The van der Waals surface area contributed by atoms with Gasteiger partial charge in [-0.2, -0.15) is 0 Å². The van der Waals surface area contributed by atoms with Crippen molar-refractivity contribution in [2.75, 3.05) is 105 Å². The number of hydrogen-bond acceptors (Lipinski definition) is 15. The lowest BCUT2D eigenvalue weighted by Crippen LogP contribution is -2.44. The number of unbranched alkanes of at least 4 members (excludes halogenated alkanes) is 77. The lowest BCUT2D eigenvalue weighted by atomic mass is 10.0. The van der Waals surface area contributed by atoms with Crippen molar-refractivity contribution in [3.63, 3.8) is 0 Å². The molecule has 0 saturated carbocycles. The fraction of sp³-hybridized carbons (Fsp3) is 0.967. The van der Waals surface area contributed by atoms with Gasteiger partial charge in [-0.3, -0.25) is 19.2 Å². The molecule has 846 valence electrons. The number of amides is 4. The average molecular weight is 2010 g/mol. The first-order valence-corrected chi connectivity index (χ1v) is 62.1. The Balaban J connectivity index is -0.000000895. The zero-order valence-corrected chi connectivity index (χ0v) is 95.4. The maximum atomic E-state index is 12.7. The van der Waals surface area contributed by atoms with E-state index in [0.29, 0.717) is 52.0 Å². The van der Waals surface area contributed by atoms with Crippen LogP contribution >= 0.6 is 0 Å². The van der Waals surface area contributed by atoms with Crippen molar-refractivity contribution in [2.24, 2.45) is 0 Å². The predicted octanol–water partition coefficient (Wildman–Crippen LogP) is 30.9. The minimum Gasteiger partial charge on any atom is -0.395 e. The van der Waals surface area contributed by atoms with Crippen molar-refractivity contribution in [1.82, 2.24) is 19.6 Å². The molecule has 0 radical (unpaired) electrons. The van der Waals surface area contributed by atoms with E-state index in [1.807, 2.05) is 0 Å². The Hall–Kier alpha value is -2.56. The minimum atomic E-state index is -0.995. The number of aliphatic hydroxyl groups is 9. The summed E-state index contributed by atoms with van der Waals surface area (Å²) in [6.45, 7) is 21.7. The summed E-state index contributed by atoms with van der Waals surface area (Å²) in [6, 6.07) is 0. The zero-order chi connectivity index (χ0) is 104. The van der Waals surface area contributed by atoms with Crippen LogP contribution in [0.2, 0.25) is 0 Å². The summed E-state index contributed by atoms with van der Waals surface area (Å²) in [4.78, 5) is 56.9. The monoisotopic (exact) mass is 2010 g/mol. The molecule has 5 atom stereocenters. The van der Waals surface area contributed by atoms with Gasteiger partial charge in [-0.05, 0) is 51.4 Å². The largest absolute Gasteiger partial charge is 0.395 e. The highest BCUT2D eigenvalue weighted by molar-refractivity contribution is 5.80. The number of rotatable bonds is 112. The van der Waals surface area contributed by atoms with Crippen LogP contribution in [0, 0.1) is 0 Å². The third-order valence-corrected chi connectivity index (χ3v) is 28.3. The molecule has 4 amide bonds. The van der Waals surface area contributed by atoms with E-state index in [1.54, 1.807) is 14.7 Å². The number of carbonyl (C=O) groups is 4. The maximum absolute atomic E-state index is 12.7. The van der Waals surface area contributed by atoms with Crippen LogP contribution in [0.5, 0.6) is 0 Å². The van der Waals surface area contributed by atoms with Crippen molar-refractivity contribution in [3.8, 4) is 0 Å². The molecule has 141 heavy (non-hydrogen) atoms. The third kappa shape index (κ3) is 114. The third-order valence-electron chi connectivity index (χ3n) is 28.3. The van der Waals surface area contributed by atoms with Gasteiger partial charge < -0.3 is 75.0 Å². The molecule has 0 aromatic rings. The summed E-state index contributed by atoms with van der Waals surface area (Å²) in [6.07, 6.45) is 106. The van der Waals surface area contributed by atoms with Crippen LogP contribution in [-0.2, 0) is 28.7 Å². The summed E-state index contributed by atoms with van der Waals surface area (Å²) in [7, 11) is 0. The Bertz CT molecular complexity index is 2390. The highest BCUT2D eigenvalue weighted by Crippen LogP contribution is 2.23. The van der Waals surface area contributed by atoms with Gasteiger partial charge in [0.2, 0.25) is 17.7 Å². The summed E-state index contributed by atoms with van der Waals surface area (Å²) in [5.74, 6) is -0.0850. The minimum absolute atomic E-state index is 0.0311. The van der Waals surface area contributed by atoms with E-state index >= 15 is 0 Å². The topological polar surface area (TPSA) is 282 Å². The quantitative estimate of drug-likeness (QED) is 0.0256. The molecule has 0 rings (SSSR count). The van der Waals surface area contributed by atoms with Gasteiger partial charge in [0.15, 0.2) is 0 Å². The molecule has 0 bridgehead atoms. The SMILES string of the molecule is CCCCCCCCCCCCCCCC(=O)N(CCCCCCCCCCCC)CC(O)CO.CCCCCCCCCCCCCCCCOCC(O)CN(CCO)C(=O)CCCCCCCCC.CCCCCCCCCCCCCCCCOCC(O)CN(CCO)C(=O)CCCCCCCCCCCCCCC.CCCCCCCCCCCCN(CC(O)CO)C(=O)C(O)CCCCCC. The van der Waals surface area contributed by atoms with Crippen molar-refractivity contribution < 1.29 is 74.6 Å². The molecule has 19 heteroatoms. The van der Waals surface area contributed by atoms with Gasteiger partial charge in [0, 0.05) is 84.8 Å². The molecular weight excluding hydrogens is 1760 g/mol. The molecule has 9 N–H and O–H groups in total. The Labute approximate surface area is 875 Å². The van der Waals surface area contributed by atoms with Gasteiger partial charge in [0.25, 0.3) is 5.91 Å². The standard InChI is InChI=1S/C37H75NO4.C31H63NO4.C31H63NO3.C23H47NO4/c1-3-5-7-9-11-13-15-17-19-21-23-25-27-29-33-42-35-36(40)34-38(31-32-39)37(41)30-28-26-24-22-20-18-16-14-12-10-8-6-4-2;1-3-5-7-9-11-12-13-14-15-16-17-19-21-23-27-36-29-30(34)28-32(25-26-33)31(35)24-22-20-18-10-8-6-4-2;1-3-5-7-9-11-13-15-16-17-18-20-22-24-26-31(35)32(28-30(34)29-33)27-25-23-21-19-14-12-10-8-6-4-2;1-3-5-7-9-10-11-12-13-14-16-18-24(19-21(26)20-25)23(28)22(27)17-15-8-6-4-2/h36,39-40H,3-35H2,1-2H3;30,33-34H,3-29H2,1-2H3;30,33-34H,3-29H2,1-2H3;21-22,25-27H,3-20H2,1-2H3. The van der Waals surface area contributed by atoms with Gasteiger partial charge in [0.1, 0.15) is 6.10 Å². The highest BCUT2D eigenvalue weighted by atomic mass is 16.5. The fourth-order valence-corrected chi connectivity index (χ4v) is 18.9. The first-order valence-electron chi connectivity index (χ1n) is 62.1. The molecular formula is C122H248N4O15. The van der Waals surface area contributed by atoms with Gasteiger partial charge >= 0.3 is 0 Å². The number of ether oxygens (including phenoxy) is 2. The lowest BCUT2D eigenvalue weighted by Gasteiger charge is -2.27. The molecule has 0 aromatic carbocycles. The van der Waals surface area contributed by atoms with Crippen molar-refractivity contribution in [2.45, 2.75) is 657 Å². The predicted molar refractivity (Wildman–Crippen MR) is 603 cm³/mol. The second-order valence-corrected chi connectivity index (χ2v) is 42.7. The van der Waals surface area contributed by atoms with E-state index in [1.165, 1.54) is 442 Å². The van der Waals surface area contributed by atoms with Gasteiger partial charge in [0.05, 0.1) is 64.1 Å². The normalized spacial score (nSPS) is 12.5. The average Bonchev–Trinajstić information content (AvgIpc) is 0.881. The zero-order valence-electron chi connectivity index (χ0n) is 95.4. The van der Waals surface area contributed by atoms with Crippen molar-refractivity contribution in [1.29, 1.82) is 0 Å². The maximum Gasteiger partial charge on any atom is 0.251 e. The Morgan fingerprint density at radius 2 is 0.369 bits per heavy atom. The molecule has 0 heterocycles. The molecule has 0 aliphatic carbocycles. The van der Waals surface area contributed by atoms with Gasteiger partial charge in [-0.15, -0.1) is 0 Å². The number of hydrogen-bond donors (Lipinski definition) is 9. The summed E-state index contributed by atoms with van der Waals surface area (Å²) in [5, 5.41) is 87.5. The second-order valence-electron chi connectivity index (χ2n) is 42.7. The Morgan fingerprint density at radius 1 is 0.199 bits per heavy atom. The Kier molecular flexibility index (Phi) is 128. The van der Waals surface area contributed by atoms with Crippen LogP contribution in [0.3, 0.4) is 0 Å². The van der Waals surface area contributed by atoms with E-state index < -0.39 is 30.5 Å². The van der Waals surface area contributed by atoms with Gasteiger partial charge in [-0.25, -0.2) is 0 Å². The first-order chi connectivity index (χ1) is 69.0. The van der Waals surface area contributed by atoms with Crippen LogP contribution in [0.15, 0.2) is 0 Å². The molecule has 19 nitrogen and oxygen atoms in total. The smallest absolute Gasteiger partial charge is 0.251 e. The summed E-state index contributed by atoms with van der Waals surface area (Å²) >= 11 is 0. The van der Waals surface area contributed by atoms with Crippen LogP contribution in [0.4, 0.5) is 0 Å². The molecule has 0 fully saturated rings. The number of nitrogens with zero attached hydrogens (tertiary/aromatic N) is 4. The summed E-state index contributed by atoms with van der Waals surface area (Å²) < 4.78 is 11.3. The molecule has 5 unspecified atom stereocenters. The van der Waals surface area contributed by atoms with E-state index in [2.05, 4.69) is 55.4 Å². The lowest BCUT2D eigenvalue weighted by molar-refractivity contribution is -0.142. The van der Waals surface area contributed by atoms with Gasteiger partial charge in [-0.1, -0.05) is 556 Å². The van der Waals surface area contributed by atoms with Crippen LogP contribution in [0.1, 0.15) is 627 Å². The molecule has 0 saturated heterocycles. The van der Waals surface area contributed by atoms with Crippen molar-refractivity contribution >= 4 is 23.6 Å². The van der Waals surface area contributed by atoms with E-state index in [0.717, 1.165) is 109 Å². The van der Waals surface area contributed by atoms with E-state index in [-0.39, 0.29) is 103 Å². The van der Waals surface area contributed by atoms with E-state index in [9.17, 15) is 60.0 Å². The fourth-order valence-electron chi connectivity index (χ4n) is 18.9. The Morgan fingerprint density at radius 3 is 0.582 bits per heavy atom. The number of carbonyl (C=O) groups excluding carboxylic acids is 4. The first kappa shape index (κ1) is 145. The highest BCUT2D eigenvalue weighted by Gasteiger charge is 2.25. The van der Waals surface area contributed by atoms with Crippen molar-refractivity contribution in [3.05, 3.63) is 0 Å². The second kappa shape index (κ2) is 124. The van der Waals surface area contributed by atoms with Crippen LogP contribution < -0.4 is 0 Å². The summed E-state index contributed by atoms with van der Waals surface area (Å²) in [5.41, 5.74) is 0. The van der Waals surface area contributed by atoms with E-state index in [4.69, 9.17) is 14.6 Å². The molecule has 0 spiro atoms. The van der Waals surface area contributed by atoms with Crippen LogP contribution in [-0.4, -0.2) is 225 Å². The molecule has 0 aromatic heterocycles.